The highest BCUT2D eigenvalue weighted by Gasteiger charge is 2.31. The first-order chi connectivity index (χ1) is 16.6. The molecule has 2 fully saturated rings. The maximum Gasteiger partial charge on any atom is 0.291 e. The van der Waals surface area contributed by atoms with Crippen LogP contribution in [0.5, 0.6) is 0 Å². The molecule has 34 heavy (non-hydrogen) atoms. The van der Waals surface area contributed by atoms with Gasteiger partial charge in [-0.15, -0.1) is 0 Å². The third-order valence-electron chi connectivity index (χ3n) is 6.83. The van der Waals surface area contributed by atoms with Crippen LogP contribution >= 0.6 is 0 Å². The number of furan rings is 1. The number of fused-ring (bicyclic) bond motifs is 1. The van der Waals surface area contributed by atoms with Gasteiger partial charge in [-0.2, -0.15) is 0 Å². The van der Waals surface area contributed by atoms with Gasteiger partial charge in [0.25, 0.3) is 5.91 Å². The van der Waals surface area contributed by atoms with Crippen LogP contribution in [0.1, 0.15) is 41.8 Å². The Hall–Kier alpha value is -3.61. The van der Waals surface area contributed by atoms with E-state index in [0.29, 0.717) is 30.8 Å². The molecule has 3 heterocycles. The summed E-state index contributed by atoms with van der Waals surface area (Å²) in [6.07, 6.45) is 4.00. The Morgan fingerprint density at radius 1 is 0.882 bits per heavy atom. The molecule has 0 atom stereocenters. The Bertz CT molecular complexity index is 1150. The summed E-state index contributed by atoms with van der Waals surface area (Å²) in [6.45, 7) is 3.03. The molecule has 0 spiro atoms. The van der Waals surface area contributed by atoms with E-state index in [0.717, 1.165) is 49.7 Å². The van der Waals surface area contributed by atoms with Crippen molar-refractivity contribution in [2.75, 3.05) is 31.5 Å². The lowest BCUT2D eigenvalue weighted by atomic mass is 9.95. The summed E-state index contributed by atoms with van der Waals surface area (Å²) < 4.78 is 5.61. The standard InChI is InChI=1S/C27H29N3O4/c31-25(29-15-11-20(12-16-29)27(33)30-13-3-4-14-30)17-19-7-9-22(10-8-19)28-26(32)24-18-21-5-1-2-6-23(21)34-24/h1-2,5-10,18,20H,3-4,11-17H2,(H,28,32). The third-order valence-corrected chi connectivity index (χ3v) is 6.83. The quantitative estimate of drug-likeness (QED) is 0.623. The van der Waals surface area contributed by atoms with Crippen LogP contribution in [0.15, 0.2) is 59.0 Å². The minimum Gasteiger partial charge on any atom is -0.451 e. The second-order valence-corrected chi connectivity index (χ2v) is 9.16. The van der Waals surface area contributed by atoms with Crippen LogP contribution in [0, 0.1) is 5.92 Å². The minimum absolute atomic E-state index is 0.0526. The molecule has 7 heteroatoms. The second-order valence-electron chi connectivity index (χ2n) is 9.16. The number of carbonyl (C=O) groups is 3. The van der Waals surface area contributed by atoms with Crippen LogP contribution in [0.4, 0.5) is 5.69 Å². The van der Waals surface area contributed by atoms with Gasteiger partial charge >= 0.3 is 0 Å². The highest BCUT2D eigenvalue weighted by atomic mass is 16.3. The lowest BCUT2D eigenvalue weighted by molar-refractivity contribution is -0.139. The molecule has 1 aromatic heterocycles. The number of rotatable bonds is 5. The Morgan fingerprint density at radius 3 is 2.29 bits per heavy atom. The van der Waals surface area contributed by atoms with E-state index in [1.54, 1.807) is 18.2 Å². The normalized spacial score (nSPS) is 16.7. The molecule has 2 aromatic carbocycles. The number of nitrogens with one attached hydrogen (secondary N) is 1. The van der Waals surface area contributed by atoms with Crippen LogP contribution in [-0.4, -0.2) is 53.7 Å². The van der Waals surface area contributed by atoms with Gasteiger partial charge in [-0.1, -0.05) is 30.3 Å². The SMILES string of the molecule is O=C(Nc1ccc(CC(=O)N2CCC(C(=O)N3CCCC3)CC2)cc1)c1cc2ccccc2o1. The third kappa shape index (κ3) is 4.83. The Labute approximate surface area is 198 Å². The zero-order chi connectivity index (χ0) is 23.5. The van der Waals surface area contributed by atoms with Gasteiger partial charge in [-0.25, -0.2) is 0 Å². The van der Waals surface area contributed by atoms with E-state index < -0.39 is 0 Å². The van der Waals surface area contributed by atoms with Crippen molar-refractivity contribution in [3.05, 3.63) is 65.9 Å². The molecule has 0 unspecified atom stereocenters. The summed E-state index contributed by atoms with van der Waals surface area (Å²) in [7, 11) is 0. The lowest BCUT2D eigenvalue weighted by Crippen LogP contribution is -2.44. The minimum atomic E-state index is -0.314. The van der Waals surface area contributed by atoms with Gasteiger partial charge in [0.05, 0.1) is 6.42 Å². The number of amides is 3. The summed E-state index contributed by atoms with van der Waals surface area (Å²) in [5.74, 6) is 0.339. The number of likely N-dealkylation sites (tertiary alicyclic amines) is 2. The fraction of sp³-hybridized carbons (Fsp3) is 0.370. The van der Waals surface area contributed by atoms with Gasteiger partial charge in [-0.3, -0.25) is 14.4 Å². The number of anilines is 1. The van der Waals surface area contributed by atoms with E-state index in [2.05, 4.69) is 5.32 Å². The predicted molar refractivity (Wildman–Crippen MR) is 129 cm³/mol. The smallest absolute Gasteiger partial charge is 0.291 e. The molecule has 0 aliphatic carbocycles. The largest absolute Gasteiger partial charge is 0.451 e. The predicted octanol–water partition coefficient (Wildman–Crippen LogP) is 4.09. The summed E-state index contributed by atoms with van der Waals surface area (Å²) in [5.41, 5.74) is 2.20. The molecule has 2 aliphatic rings. The number of nitrogens with zero attached hydrogens (tertiary/aromatic N) is 2. The van der Waals surface area contributed by atoms with Gasteiger partial charge < -0.3 is 19.5 Å². The summed E-state index contributed by atoms with van der Waals surface area (Å²) in [5, 5.41) is 3.72. The van der Waals surface area contributed by atoms with Gasteiger partial charge in [0, 0.05) is 43.2 Å². The van der Waals surface area contributed by atoms with E-state index in [1.165, 1.54) is 0 Å². The highest BCUT2D eigenvalue weighted by molar-refractivity contribution is 6.04. The zero-order valence-corrected chi connectivity index (χ0v) is 19.2. The molecule has 2 aliphatic heterocycles. The molecule has 5 rings (SSSR count). The fourth-order valence-corrected chi connectivity index (χ4v) is 4.85. The number of para-hydroxylation sites is 1. The van der Waals surface area contributed by atoms with E-state index in [4.69, 9.17) is 4.42 Å². The first-order valence-electron chi connectivity index (χ1n) is 12.0. The molecule has 176 valence electrons. The van der Waals surface area contributed by atoms with Crippen molar-refractivity contribution < 1.29 is 18.8 Å². The zero-order valence-electron chi connectivity index (χ0n) is 19.2. The molecule has 7 nitrogen and oxygen atoms in total. The van der Waals surface area contributed by atoms with Crippen molar-refractivity contribution in [2.45, 2.75) is 32.1 Å². The van der Waals surface area contributed by atoms with E-state index >= 15 is 0 Å². The van der Waals surface area contributed by atoms with Crippen molar-refractivity contribution in [3.8, 4) is 0 Å². The van der Waals surface area contributed by atoms with Crippen molar-refractivity contribution in [2.24, 2.45) is 5.92 Å². The van der Waals surface area contributed by atoms with E-state index in [1.807, 2.05) is 46.2 Å². The van der Waals surface area contributed by atoms with Crippen molar-refractivity contribution in [1.29, 1.82) is 0 Å². The van der Waals surface area contributed by atoms with Crippen LogP contribution in [0.25, 0.3) is 11.0 Å². The summed E-state index contributed by atoms with van der Waals surface area (Å²) >= 11 is 0. The van der Waals surface area contributed by atoms with Crippen molar-refractivity contribution >= 4 is 34.4 Å². The molecule has 3 aromatic rings. The van der Waals surface area contributed by atoms with Crippen LogP contribution < -0.4 is 5.32 Å². The number of piperidine rings is 1. The molecular weight excluding hydrogens is 430 g/mol. The molecular formula is C27H29N3O4. The van der Waals surface area contributed by atoms with Crippen molar-refractivity contribution in [1.82, 2.24) is 9.80 Å². The van der Waals surface area contributed by atoms with Gasteiger partial charge in [0.2, 0.25) is 11.8 Å². The van der Waals surface area contributed by atoms with Crippen LogP contribution in [0.2, 0.25) is 0 Å². The van der Waals surface area contributed by atoms with E-state index in [9.17, 15) is 14.4 Å². The molecule has 1 N–H and O–H groups in total. The Morgan fingerprint density at radius 2 is 1.59 bits per heavy atom. The number of hydrogen-bond donors (Lipinski definition) is 1. The first kappa shape index (κ1) is 22.2. The average Bonchev–Trinajstić information content (AvgIpc) is 3.55. The molecule has 0 saturated carbocycles. The maximum atomic E-state index is 12.8. The summed E-state index contributed by atoms with van der Waals surface area (Å²) in [6, 6.07) is 16.5. The number of carbonyl (C=O) groups excluding carboxylic acids is 3. The molecule has 0 radical (unpaired) electrons. The van der Waals surface area contributed by atoms with Gasteiger partial charge in [-0.05, 0) is 55.5 Å². The summed E-state index contributed by atoms with van der Waals surface area (Å²) in [4.78, 5) is 41.7. The molecule has 3 amide bonds. The monoisotopic (exact) mass is 459 g/mol. The van der Waals surface area contributed by atoms with Gasteiger partial charge in [0.15, 0.2) is 5.76 Å². The van der Waals surface area contributed by atoms with Gasteiger partial charge in [0.1, 0.15) is 5.58 Å². The number of benzene rings is 2. The second kappa shape index (κ2) is 9.71. The Kier molecular flexibility index (Phi) is 6.34. The molecule has 0 bridgehead atoms. The Balaban J connectivity index is 1.12. The number of hydrogen-bond acceptors (Lipinski definition) is 4. The fourth-order valence-electron chi connectivity index (χ4n) is 4.85. The van der Waals surface area contributed by atoms with Crippen LogP contribution in [0.3, 0.4) is 0 Å². The topological polar surface area (TPSA) is 82.9 Å². The maximum absolute atomic E-state index is 12.8. The lowest BCUT2D eigenvalue weighted by Gasteiger charge is -2.33. The highest BCUT2D eigenvalue weighted by Crippen LogP contribution is 2.23. The first-order valence-corrected chi connectivity index (χ1v) is 12.0. The van der Waals surface area contributed by atoms with E-state index in [-0.39, 0.29) is 29.4 Å². The van der Waals surface area contributed by atoms with Crippen LogP contribution in [-0.2, 0) is 16.0 Å². The van der Waals surface area contributed by atoms with Crippen molar-refractivity contribution in [3.63, 3.8) is 0 Å². The molecule has 2 saturated heterocycles. The average molecular weight is 460 g/mol.